The van der Waals surface area contributed by atoms with Gasteiger partial charge in [-0.05, 0) is 13.0 Å². The molecule has 0 spiro atoms. The van der Waals surface area contributed by atoms with Crippen LogP contribution in [-0.4, -0.2) is 12.6 Å². The summed E-state index contributed by atoms with van der Waals surface area (Å²) in [6, 6.07) is 2.87. The van der Waals surface area contributed by atoms with Gasteiger partial charge in [0.25, 0.3) is 0 Å². The molecule has 0 amide bonds. The number of hydrogen-bond acceptors (Lipinski definition) is 3. The van der Waals surface area contributed by atoms with E-state index in [1.54, 1.807) is 6.92 Å². The topological polar surface area (TPSA) is 52.3 Å². The van der Waals surface area contributed by atoms with Crippen molar-refractivity contribution in [3.05, 3.63) is 28.5 Å². The molecule has 0 radical (unpaired) electrons. The van der Waals surface area contributed by atoms with E-state index in [2.05, 4.69) is 0 Å². The fourth-order valence-corrected chi connectivity index (χ4v) is 1.26. The van der Waals surface area contributed by atoms with E-state index in [0.29, 0.717) is 0 Å². The van der Waals surface area contributed by atoms with Gasteiger partial charge in [-0.2, -0.15) is 0 Å². The zero-order valence-corrected chi connectivity index (χ0v) is 8.97. The zero-order valence-electron chi connectivity index (χ0n) is 8.22. The number of rotatable bonds is 3. The maximum atomic E-state index is 13.4. The minimum absolute atomic E-state index is 0.138. The normalized spacial score (nSPS) is 10.1. The van der Waals surface area contributed by atoms with Crippen molar-refractivity contribution in [1.82, 2.24) is 0 Å². The van der Waals surface area contributed by atoms with E-state index in [0.717, 1.165) is 0 Å². The Kier molecular flexibility index (Phi) is 3.91. The van der Waals surface area contributed by atoms with E-state index in [1.807, 2.05) is 0 Å². The summed E-state index contributed by atoms with van der Waals surface area (Å²) in [6.07, 6.45) is -0.138. The van der Waals surface area contributed by atoms with Gasteiger partial charge in [-0.25, -0.2) is 4.39 Å². The molecule has 0 bridgehead atoms. The van der Waals surface area contributed by atoms with Crippen molar-refractivity contribution in [3.63, 3.8) is 0 Å². The Labute approximate surface area is 92.0 Å². The van der Waals surface area contributed by atoms with Crippen molar-refractivity contribution in [3.8, 4) is 0 Å². The van der Waals surface area contributed by atoms with Gasteiger partial charge < -0.3 is 10.5 Å². The standard InChI is InChI=1S/C10H11ClFNO2/c1-2-15-8(14)5-6-3-4-7(11)10(13)9(6)12/h3-4H,2,5,13H2,1H3. The van der Waals surface area contributed by atoms with Gasteiger partial charge in [0.15, 0.2) is 5.82 Å². The molecule has 5 heteroatoms. The van der Waals surface area contributed by atoms with Gasteiger partial charge >= 0.3 is 5.97 Å². The number of carbonyl (C=O) groups excluding carboxylic acids is 1. The van der Waals surface area contributed by atoms with Crippen LogP contribution in [0.2, 0.25) is 5.02 Å². The van der Waals surface area contributed by atoms with Crippen molar-refractivity contribution in [2.45, 2.75) is 13.3 Å². The van der Waals surface area contributed by atoms with Crippen molar-refractivity contribution >= 4 is 23.3 Å². The van der Waals surface area contributed by atoms with Crippen LogP contribution in [0.5, 0.6) is 0 Å². The highest BCUT2D eigenvalue weighted by Gasteiger charge is 2.13. The molecule has 15 heavy (non-hydrogen) atoms. The monoisotopic (exact) mass is 231 g/mol. The van der Waals surface area contributed by atoms with Crippen LogP contribution in [0.3, 0.4) is 0 Å². The van der Waals surface area contributed by atoms with Crippen LogP contribution in [0.4, 0.5) is 10.1 Å². The lowest BCUT2D eigenvalue weighted by molar-refractivity contribution is -0.142. The summed E-state index contributed by atoms with van der Waals surface area (Å²) in [5.74, 6) is -1.14. The summed E-state index contributed by atoms with van der Waals surface area (Å²) < 4.78 is 18.1. The van der Waals surface area contributed by atoms with E-state index < -0.39 is 11.8 Å². The Balaban J connectivity index is 2.87. The van der Waals surface area contributed by atoms with Crippen LogP contribution in [0.25, 0.3) is 0 Å². The van der Waals surface area contributed by atoms with Gasteiger partial charge in [-0.3, -0.25) is 4.79 Å². The lowest BCUT2D eigenvalue weighted by Crippen LogP contribution is -2.09. The van der Waals surface area contributed by atoms with E-state index >= 15 is 0 Å². The van der Waals surface area contributed by atoms with E-state index in [4.69, 9.17) is 22.1 Å². The van der Waals surface area contributed by atoms with Gasteiger partial charge in [-0.1, -0.05) is 17.7 Å². The summed E-state index contributed by atoms with van der Waals surface area (Å²) in [7, 11) is 0. The molecule has 0 saturated carbocycles. The second kappa shape index (κ2) is 4.98. The zero-order chi connectivity index (χ0) is 11.4. The highest BCUT2D eigenvalue weighted by atomic mass is 35.5. The molecule has 1 aromatic carbocycles. The quantitative estimate of drug-likeness (QED) is 0.641. The summed E-state index contributed by atoms with van der Waals surface area (Å²) >= 11 is 5.60. The second-order valence-corrected chi connectivity index (χ2v) is 3.32. The lowest BCUT2D eigenvalue weighted by atomic mass is 10.1. The third kappa shape index (κ3) is 2.83. The number of hydrogen-bond donors (Lipinski definition) is 1. The van der Waals surface area contributed by atoms with Gasteiger partial charge in [0.2, 0.25) is 0 Å². The van der Waals surface area contributed by atoms with Gasteiger partial charge in [-0.15, -0.1) is 0 Å². The molecule has 0 aliphatic carbocycles. The summed E-state index contributed by atoms with van der Waals surface area (Å²) in [5.41, 5.74) is 5.42. The van der Waals surface area contributed by atoms with Crippen LogP contribution in [-0.2, 0) is 16.0 Å². The number of nitrogen functional groups attached to an aromatic ring is 1. The van der Waals surface area contributed by atoms with Crippen LogP contribution in [0.1, 0.15) is 12.5 Å². The molecule has 1 aromatic rings. The molecule has 0 atom stereocenters. The molecule has 3 nitrogen and oxygen atoms in total. The SMILES string of the molecule is CCOC(=O)Cc1ccc(Cl)c(N)c1F. The average Bonchev–Trinajstić information content (AvgIpc) is 2.20. The van der Waals surface area contributed by atoms with Gasteiger partial charge in [0.1, 0.15) is 0 Å². The van der Waals surface area contributed by atoms with Crippen LogP contribution >= 0.6 is 11.6 Å². The molecule has 0 heterocycles. The van der Waals surface area contributed by atoms with Crippen molar-refractivity contribution in [2.24, 2.45) is 0 Å². The highest BCUT2D eigenvalue weighted by Crippen LogP contribution is 2.24. The molecular weight excluding hydrogens is 221 g/mol. The van der Waals surface area contributed by atoms with E-state index in [1.165, 1.54) is 12.1 Å². The molecular formula is C10H11ClFNO2. The predicted octanol–water partition coefficient (Wildman–Crippen LogP) is 2.17. The first-order valence-corrected chi connectivity index (χ1v) is 4.82. The van der Waals surface area contributed by atoms with Gasteiger partial charge in [0.05, 0.1) is 23.7 Å². The summed E-state index contributed by atoms with van der Waals surface area (Å²) in [5, 5.41) is 0.139. The first-order valence-electron chi connectivity index (χ1n) is 4.44. The number of carbonyl (C=O) groups is 1. The largest absolute Gasteiger partial charge is 0.466 e. The Morgan fingerprint density at radius 2 is 2.27 bits per heavy atom. The first-order chi connectivity index (χ1) is 7.06. The number of benzene rings is 1. The Morgan fingerprint density at radius 1 is 1.60 bits per heavy atom. The molecule has 0 unspecified atom stereocenters. The van der Waals surface area contributed by atoms with Crippen LogP contribution < -0.4 is 5.73 Å². The number of halogens is 2. The molecule has 1 rings (SSSR count). The number of ether oxygens (including phenoxy) is 1. The molecule has 82 valence electrons. The van der Waals surface area contributed by atoms with Gasteiger partial charge in [0, 0.05) is 5.56 Å². The summed E-state index contributed by atoms with van der Waals surface area (Å²) in [6.45, 7) is 1.95. The van der Waals surface area contributed by atoms with E-state index in [-0.39, 0.29) is 29.3 Å². The third-order valence-electron chi connectivity index (χ3n) is 1.85. The number of anilines is 1. The molecule has 0 fully saturated rings. The van der Waals surface area contributed by atoms with Crippen molar-refractivity contribution in [2.75, 3.05) is 12.3 Å². The molecule has 0 aliphatic heterocycles. The minimum Gasteiger partial charge on any atom is -0.466 e. The van der Waals surface area contributed by atoms with Crippen LogP contribution in [0.15, 0.2) is 12.1 Å². The van der Waals surface area contributed by atoms with E-state index in [9.17, 15) is 9.18 Å². The molecule has 0 aliphatic rings. The smallest absolute Gasteiger partial charge is 0.310 e. The maximum absolute atomic E-state index is 13.4. The van der Waals surface area contributed by atoms with Crippen LogP contribution in [0, 0.1) is 5.82 Å². The molecule has 0 aromatic heterocycles. The third-order valence-corrected chi connectivity index (χ3v) is 2.18. The number of esters is 1. The fourth-order valence-electron chi connectivity index (χ4n) is 1.12. The Bertz CT molecular complexity index is 382. The predicted molar refractivity (Wildman–Crippen MR) is 56.2 cm³/mol. The molecule has 0 saturated heterocycles. The lowest BCUT2D eigenvalue weighted by Gasteiger charge is -2.06. The molecule has 2 N–H and O–H groups in total. The van der Waals surface area contributed by atoms with Crippen molar-refractivity contribution in [1.29, 1.82) is 0 Å². The van der Waals surface area contributed by atoms with Crippen molar-refractivity contribution < 1.29 is 13.9 Å². The average molecular weight is 232 g/mol. The maximum Gasteiger partial charge on any atom is 0.310 e. The summed E-state index contributed by atoms with van der Waals surface area (Å²) in [4.78, 5) is 11.1. The second-order valence-electron chi connectivity index (χ2n) is 2.92. The first kappa shape index (κ1) is 11.8. The number of nitrogens with two attached hydrogens (primary N) is 1. The Morgan fingerprint density at radius 3 is 2.87 bits per heavy atom. The Hall–Kier alpha value is -1.29. The highest BCUT2D eigenvalue weighted by molar-refractivity contribution is 6.33. The minimum atomic E-state index is -0.657. The fraction of sp³-hybridized carbons (Fsp3) is 0.300.